The van der Waals surface area contributed by atoms with E-state index in [0.717, 1.165) is 51.2 Å². The van der Waals surface area contributed by atoms with Gasteiger partial charge < -0.3 is 14.8 Å². The summed E-state index contributed by atoms with van der Waals surface area (Å²) in [6.45, 7) is 0.694. The average molecular weight is 619 g/mol. The maximum absolute atomic E-state index is 5.48. The first kappa shape index (κ1) is 29.7. The summed E-state index contributed by atoms with van der Waals surface area (Å²) in [6, 6.07) is 47.9. The van der Waals surface area contributed by atoms with Gasteiger partial charge in [-0.25, -0.2) is 4.68 Å². The van der Waals surface area contributed by atoms with Gasteiger partial charge in [-0.2, -0.15) is 9.97 Å². The van der Waals surface area contributed by atoms with E-state index in [1.165, 1.54) is 5.56 Å². The second kappa shape index (κ2) is 13.1. The second-order valence-electron chi connectivity index (χ2n) is 11.2. The molecule has 0 amide bonds. The second-order valence-corrected chi connectivity index (χ2v) is 11.2. The van der Waals surface area contributed by atoms with Crippen LogP contribution in [0.5, 0.6) is 11.8 Å². The van der Waals surface area contributed by atoms with Gasteiger partial charge in [0, 0.05) is 18.2 Å². The summed E-state index contributed by atoms with van der Waals surface area (Å²) in [6.07, 6.45) is 0.826. The highest BCUT2D eigenvalue weighted by molar-refractivity contribution is 5.82. The molecule has 2 heterocycles. The highest BCUT2D eigenvalue weighted by Crippen LogP contribution is 2.42. The van der Waals surface area contributed by atoms with Gasteiger partial charge in [-0.1, -0.05) is 114 Å². The fourth-order valence-electron chi connectivity index (χ4n) is 6.12. The van der Waals surface area contributed by atoms with E-state index in [1.807, 2.05) is 47.1 Å². The summed E-state index contributed by atoms with van der Waals surface area (Å²) in [4.78, 5) is 9.21. The Morgan fingerprint density at radius 1 is 0.660 bits per heavy atom. The van der Waals surface area contributed by atoms with Crippen LogP contribution in [0, 0.1) is 0 Å². The highest BCUT2D eigenvalue weighted by atomic mass is 16.5. The van der Waals surface area contributed by atoms with Crippen molar-refractivity contribution in [1.82, 2.24) is 25.0 Å². The van der Waals surface area contributed by atoms with Crippen LogP contribution in [0.4, 0.5) is 5.82 Å². The molecule has 7 aromatic rings. The summed E-state index contributed by atoms with van der Waals surface area (Å²) < 4.78 is 12.8. The van der Waals surface area contributed by atoms with E-state index in [1.54, 1.807) is 14.2 Å². The topological polar surface area (TPSA) is 87.0 Å². The Morgan fingerprint density at radius 2 is 1.28 bits per heavy atom. The number of fused-ring (bicyclic) bond motifs is 1. The van der Waals surface area contributed by atoms with Gasteiger partial charge in [-0.15, -0.1) is 5.10 Å². The number of nitrogens with one attached hydrogen (secondary N) is 1. The molecule has 0 saturated heterocycles. The zero-order valence-corrected chi connectivity index (χ0v) is 26.2. The average Bonchev–Trinajstić information content (AvgIpc) is 3.57. The van der Waals surface area contributed by atoms with Gasteiger partial charge in [0.15, 0.2) is 0 Å². The molecule has 0 saturated carbocycles. The lowest BCUT2D eigenvalue weighted by molar-refractivity contribution is 0.381. The van der Waals surface area contributed by atoms with Gasteiger partial charge in [0.2, 0.25) is 0 Å². The van der Waals surface area contributed by atoms with Crippen molar-refractivity contribution in [2.75, 3.05) is 26.1 Å². The molecule has 0 fully saturated rings. The lowest BCUT2D eigenvalue weighted by Gasteiger charge is -2.36. The Bertz CT molecular complexity index is 1990. The van der Waals surface area contributed by atoms with Crippen LogP contribution in [0.1, 0.15) is 22.3 Å². The molecule has 0 aliphatic rings. The molecular weight excluding hydrogens is 584 g/mol. The summed E-state index contributed by atoms with van der Waals surface area (Å²) in [5.41, 5.74) is 6.93. The van der Waals surface area contributed by atoms with Crippen molar-refractivity contribution in [2.24, 2.45) is 0 Å². The minimum atomic E-state index is -0.765. The van der Waals surface area contributed by atoms with E-state index < -0.39 is 5.54 Å². The molecule has 2 aromatic heterocycles. The van der Waals surface area contributed by atoms with E-state index in [2.05, 4.69) is 112 Å². The number of hydrogen-bond acceptors (Lipinski definition) is 7. The first-order valence-corrected chi connectivity index (χ1v) is 15.5. The Hall–Kier alpha value is -6.02. The van der Waals surface area contributed by atoms with Crippen LogP contribution in [0.3, 0.4) is 0 Å². The summed E-state index contributed by atoms with van der Waals surface area (Å²) >= 11 is 0. The zero-order valence-electron chi connectivity index (χ0n) is 26.2. The van der Waals surface area contributed by atoms with Crippen LogP contribution in [-0.4, -0.2) is 45.7 Å². The number of anilines is 1. The van der Waals surface area contributed by atoms with Crippen LogP contribution in [0.25, 0.3) is 22.3 Å². The Balaban J connectivity index is 1.27. The Kier molecular flexibility index (Phi) is 8.30. The van der Waals surface area contributed by atoms with Gasteiger partial charge in [-0.05, 0) is 52.9 Å². The largest absolute Gasteiger partial charge is 0.497 e. The number of aromatic nitrogens is 5. The number of hydrogen-bond donors (Lipinski definition) is 1. The lowest BCUT2D eigenvalue weighted by atomic mass is 9.77. The van der Waals surface area contributed by atoms with Crippen LogP contribution in [-0.2, 0) is 12.0 Å². The van der Waals surface area contributed by atoms with Crippen LogP contribution < -0.4 is 14.8 Å². The van der Waals surface area contributed by atoms with Gasteiger partial charge >= 0.3 is 6.01 Å². The SMILES string of the molecule is COc1ccc(CCNc2cc(-c3ccc4c(c3)nnn4C(c3ccccc3)(c3ccccc3)c3ccccc3)nc(OC)n2)cc1. The van der Waals surface area contributed by atoms with Crippen LogP contribution >= 0.6 is 0 Å². The number of ether oxygens (including phenoxy) is 2. The van der Waals surface area contributed by atoms with Gasteiger partial charge in [-0.3, -0.25) is 0 Å². The molecule has 0 unspecified atom stereocenters. The quantitative estimate of drug-likeness (QED) is 0.151. The van der Waals surface area contributed by atoms with Gasteiger partial charge in [0.1, 0.15) is 22.6 Å². The van der Waals surface area contributed by atoms with Crippen molar-refractivity contribution in [2.45, 2.75) is 12.0 Å². The first-order valence-electron chi connectivity index (χ1n) is 15.5. The van der Waals surface area contributed by atoms with Crippen molar-refractivity contribution in [3.63, 3.8) is 0 Å². The third kappa shape index (κ3) is 5.77. The highest BCUT2D eigenvalue weighted by Gasteiger charge is 2.40. The molecule has 0 aliphatic carbocycles. The minimum Gasteiger partial charge on any atom is -0.497 e. The number of methoxy groups -OCH3 is 2. The molecule has 0 radical (unpaired) electrons. The molecule has 8 heteroatoms. The van der Waals surface area contributed by atoms with Crippen molar-refractivity contribution in [1.29, 1.82) is 0 Å². The summed E-state index contributed by atoms with van der Waals surface area (Å²) in [7, 11) is 3.25. The van der Waals surface area contributed by atoms with Crippen molar-refractivity contribution in [3.8, 4) is 23.0 Å². The fourth-order valence-corrected chi connectivity index (χ4v) is 6.12. The van der Waals surface area contributed by atoms with Crippen molar-refractivity contribution >= 4 is 16.9 Å². The normalized spacial score (nSPS) is 11.4. The molecule has 0 aliphatic heterocycles. The molecule has 8 nitrogen and oxygen atoms in total. The molecule has 47 heavy (non-hydrogen) atoms. The monoisotopic (exact) mass is 618 g/mol. The maximum Gasteiger partial charge on any atom is 0.318 e. The van der Waals surface area contributed by atoms with Gasteiger partial charge in [0.05, 0.1) is 25.4 Å². The molecule has 0 bridgehead atoms. The fraction of sp³-hybridized carbons (Fsp3) is 0.128. The Morgan fingerprint density at radius 3 is 1.85 bits per heavy atom. The number of nitrogens with zero attached hydrogens (tertiary/aromatic N) is 5. The molecule has 0 spiro atoms. The zero-order chi connectivity index (χ0) is 32.1. The number of benzene rings is 5. The van der Waals surface area contributed by atoms with E-state index in [9.17, 15) is 0 Å². The van der Waals surface area contributed by atoms with E-state index in [-0.39, 0.29) is 6.01 Å². The standard InChI is InChI=1S/C39H34N6O2/c1-46-33-21-18-28(19-22-33)24-25-40-37-27-34(41-38(42-37)47-2)29-20-23-36-35(26-29)43-44-45(36)39(30-12-6-3-7-13-30,31-14-8-4-9-15-31)32-16-10-5-11-17-32/h3-23,26-27H,24-25H2,1-2H3,(H,40,41,42). The van der Waals surface area contributed by atoms with Crippen LogP contribution in [0.15, 0.2) is 140 Å². The molecule has 1 N–H and O–H groups in total. The molecule has 5 aromatic carbocycles. The summed E-state index contributed by atoms with van der Waals surface area (Å²) in [5.74, 6) is 1.52. The maximum atomic E-state index is 5.48. The predicted molar refractivity (Wildman–Crippen MR) is 185 cm³/mol. The Labute approximate surface area is 273 Å². The van der Waals surface area contributed by atoms with Crippen LogP contribution in [0.2, 0.25) is 0 Å². The third-order valence-corrected chi connectivity index (χ3v) is 8.40. The van der Waals surface area contributed by atoms with E-state index in [0.29, 0.717) is 12.4 Å². The van der Waals surface area contributed by atoms with E-state index in [4.69, 9.17) is 19.8 Å². The van der Waals surface area contributed by atoms with Crippen molar-refractivity contribution in [3.05, 3.63) is 162 Å². The first-order chi connectivity index (χ1) is 23.2. The minimum absolute atomic E-state index is 0.287. The molecular formula is C39H34N6O2. The predicted octanol–water partition coefficient (Wildman–Crippen LogP) is 7.40. The van der Waals surface area contributed by atoms with Crippen molar-refractivity contribution < 1.29 is 9.47 Å². The van der Waals surface area contributed by atoms with Gasteiger partial charge in [0.25, 0.3) is 0 Å². The van der Waals surface area contributed by atoms with E-state index >= 15 is 0 Å². The lowest BCUT2D eigenvalue weighted by Crippen LogP contribution is -2.38. The smallest absolute Gasteiger partial charge is 0.318 e. The summed E-state index contributed by atoms with van der Waals surface area (Å²) in [5, 5.41) is 13.0. The third-order valence-electron chi connectivity index (χ3n) is 8.40. The number of rotatable bonds is 11. The molecule has 7 rings (SSSR count). The molecule has 232 valence electrons. The molecule has 0 atom stereocenters.